The number of ether oxygens (including phenoxy) is 1. The Morgan fingerprint density at radius 3 is 2.40 bits per heavy atom. The van der Waals surface area contributed by atoms with E-state index in [1.807, 2.05) is 6.92 Å². The first-order valence-corrected chi connectivity index (χ1v) is 9.37. The van der Waals surface area contributed by atoms with Gasteiger partial charge in [0.05, 0.1) is 18.3 Å². The number of nitrogens with one attached hydrogen (secondary N) is 1. The molecular weight excluding hydrogens is 399 g/mol. The summed E-state index contributed by atoms with van der Waals surface area (Å²) in [5, 5.41) is 15.9. The van der Waals surface area contributed by atoms with E-state index >= 15 is 0 Å². The third-order valence-electron chi connectivity index (χ3n) is 4.15. The smallest absolute Gasteiger partial charge is 0.417 e. The lowest BCUT2D eigenvalue weighted by molar-refractivity contribution is -0.137. The Hall–Kier alpha value is -3.07. The number of anilines is 1. The van der Waals surface area contributed by atoms with Crippen LogP contribution >= 0.6 is 0 Å². The molecule has 1 aromatic heterocycles. The molecule has 160 valence electrons. The van der Waals surface area contributed by atoms with Crippen LogP contribution in [0.2, 0.25) is 0 Å². The Balaban J connectivity index is 1.90. The first-order valence-electron chi connectivity index (χ1n) is 9.37. The lowest BCUT2D eigenvalue weighted by atomic mass is 10.1. The van der Waals surface area contributed by atoms with Gasteiger partial charge in [-0.1, -0.05) is 5.16 Å². The molecule has 0 radical (unpaired) electrons. The highest BCUT2D eigenvalue weighted by atomic mass is 19.4. The summed E-state index contributed by atoms with van der Waals surface area (Å²) in [6, 6.07) is 10.5. The van der Waals surface area contributed by atoms with Crippen molar-refractivity contribution in [3.05, 3.63) is 48.0 Å². The second-order valence-electron chi connectivity index (χ2n) is 7.10. The molecule has 0 saturated heterocycles. The lowest BCUT2D eigenvalue weighted by Crippen LogP contribution is -2.18. The molecule has 0 saturated carbocycles. The largest absolute Gasteiger partial charge is 0.491 e. The third-order valence-corrected chi connectivity index (χ3v) is 4.15. The first-order chi connectivity index (χ1) is 14.2. The summed E-state index contributed by atoms with van der Waals surface area (Å²) in [6.07, 6.45) is -4.87. The van der Waals surface area contributed by atoms with E-state index in [2.05, 4.69) is 15.5 Å². The monoisotopic (exact) mass is 421 g/mol. The number of halogens is 3. The van der Waals surface area contributed by atoms with E-state index in [9.17, 15) is 13.2 Å². The molecule has 0 fully saturated rings. The van der Waals surface area contributed by atoms with Crippen LogP contribution in [0.25, 0.3) is 22.8 Å². The van der Waals surface area contributed by atoms with Crippen LogP contribution in [0.3, 0.4) is 0 Å². The molecular formula is C21H22F3N3O3. The van der Waals surface area contributed by atoms with Gasteiger partial charge >= 0.3 is 6.18 Å². The molecule has 30 heavy (non-hydrogen) atoms. The normalized spacial score (nSPS) is 12.8. The van der Waals surface area contributed by atoms with Crippen molar-refractivity contribution in [1.29, 1.82) is 0 Å². The zero-order chi connectivity index (χ0) is 21.9. The van der Waals surface area contributed by atoms with Crippen molar-refractivity contribution in [2.75, 3.05) is 11.9 Å². The Kier molecular flexibility index (Phi) is 6.31. The van der Waals surface area contributed by atoms with Gasteiger partial charge in [-0.3, -0.25) is 0 Å². The van der Waals surface area contributed by atoms with Crippen molar-refractivity contribution in [2.45, 2.75) is 39.1 Å². The molecule has 0 amide bonds. The van der Waals surface area contributed by atoms with E-state index in [1.54, 1.807) is 38.1 Å². The Labute approximate surface area is 171 Å². The summed E-state index contributed by atoms with van der Waals surface area (Å²) >= 11 is 0. The van der Waals surface area contributed by atoms with Gasteiger partial charge in [0, 0.05) is 22.9 Å². The van der Waals surface area contributed by atoms with E-state index in [0.717, 1.165) is 11.8 Å². The number of aliphatic hydroxyl groups excluding tert-OH is 1. The summed E-state index contributed by atoms with van der Waals surface area (Å²) in [5.41, 5.74) is 0.249. The molecule has 9 heteroatoms. The number of benzene rings is 2. The van der Waals surface area contributed by atoms with E-state index in [0.29, 0.717) is 5.56 Å². The fourth-order valence-electron chi connectivity index (χ4n) is 2.79. The van der Waals surface area contributed by atoms with Crippen molar-refractivity contribution in [1.82, 2.24) is 10.1 Å². The van der Waals surface area contributed by atoms with Crippen LogP contribution in [0.4, 0.5) is 18.9 Å². The minimum Gasteiger partial charge on any atom is -0.491 e. The summed E-state index contributed by atoms with van der Waals surface area (Å²) < 4.78 is 51.3. The summed E-state index contributed by atoms with van der Waals surface area (Å²) in [6.45, 7) is 5.28. The van der Waals surface area contributed by atoms with E-state index in [1.165, 1.54) is 12.1 Å². The average Bonchev–Trinajstić information content (AvgIpc) is 3.17. The highest BCUT2D eigenvalue weighted by Gasteiger charge is 2.35. The highest BCUT2D eigenvalue weighted by molar-refractivity contribution is 5.66. The number of nitrogens with zero attached hydrogens (tertiary/aromatic N) is 2. The molecule has 6 nitrogen and oxygen atoms in total. The number of aliphatic hydroxyl groups is 1. The summed E-state index contributed by atoms with van der Waals surface area (Å²) in [7, 11) is 0. The van der Waals surface area contributed by atoms with Crippen LogP contribution in [-0.2, 0) is 6.18 Å². The van der Waals surface area contributed by atoms with Crippen molar-refractivity contribution in [2.24, 2.45) is 0 Å². The van der Waals surface area contributed by atoms with Crippen LogP contribution < -0.4 is 10.1 Å². The molecule has 2 aromatic carbocycles. The topological polar surface area (TPSA) is 80.4 Å². The molecule has 0 aliphatic heterocycles. The second-order valence-corrected chi connectivity index (χ2v) is 7.10. The SMILES string of the molecule is CC(CO)Nc1ccc(-c2nc(-c3ccc(OC(C)C)cc3C(F)(F)F)no2)cc1. The van der Waals surface area contributed by atoms with Crippen LogP contribution in [0, 0.1) is 0 Å². The number of hydrogen-bond acceptors (Lipinski definition) is 6. The van der Waals surface area contributed by atoms with Gasteiger partial charge in [-0.2, -0.15) is 18.2 Å². The Bertz CT molecular complexity index is 985. The molecule has 0 aliphatic rings. The molecule has 0 bridgehead atoms. The predicted octanol–water partition coefficient (Wildman–Crippen LogP) is 5.00. The predicted molar refractivity (Wildman–Crippen MR) is 106 cm³/mol. The minimum absolute atomic E-state index is 0.0166. The quantitative estimate of drug-likeness (QED) is 0.559. The van der Waals surface area contributed by atoms with Gasteiger partial charge in [-0.05, 0) is 63.2 Å². The van der Waals surface area contributed by atoms with Crippen LogP contribution in [0.1, 0.15) is 26.3 Å². The third kappa shape index (κ3) is 5.10. The van der Waals surface area contributed by atoms with Crippen molar-refractivity contribution >= 4 is 5.69 Å². The van der Waals surface area contributed by atoms with Gasteiger partial charge in [0.25, 0.3) is 5.89 Å². The molecule has 1 unspecified atom stereocenters. The maximum Gasteiger partial charge on any atom is 0.417 e. The van der Waals surface area contributed by atoms with E-state index < -0.39 is 11.7 Å². The van der Waals surface area contributed by atoms with Gasteiger partial charge < -0.3 is 19.7 Å². The van der Waals surface area contributed by atoms with E-state index in [-0.39, 0.29) is 41.8 Å². The van der Waals surface area contributed by atoms with Crippen LogP contribution in [0.15, 0.2) is 47.0 Å². The van der Waals surface area contributed by atoms with Gasteiger partial charge in [0.2, 0.25) is 5.82 Å². The maximum atomic E-state index is 13.6. The first kappa shape index (κ1) is 21.6. The molecule has 3 aromatic rings. The Morgan fingerprint density at radius 1 is 1.10 bits per heavy atom. The average molecular weight is 421 g/mol. The Morgan fingerprint density at radius 2 is 1.80 bits per heavy atom. The van der Waals surface area contributed by atoms with E-state index in [4.69, 9.17) is 14.4 Å². The number of rotatable bonds is 7. The van der Waals surface area contributed by atoms with Crippen molar-refractivity contribution in [3.8, 4) is 28.6 Å². The molecule has 1 atom stereocenters. The van der Waals surface area contributed by atoms with Gasteiger partial charge in [-0.25, -0.2) is 0 Å². The molecule has 0 aliphatic carbocycles. The maximum absolute atomic E-state index is 13.6. The van der Waals surface area contributed by atoms with Crippen LogP contribution in [0.5, 0.6) is 5.75 Å². The summed E-state index contributed by atoms with van der Waals surface area (Å²) in [4.78, 5) is 4.14. The lowest BCUT2D eigenvalue weighted by Gasteiger charge is -2.15. The zero-order valence-corrected chi connectivity index (χ0v) is 16.7. The molecule has 3 rings (SSSR count). The fourth-order valence-corrected chi connectivity index (χ4v) is 2.79. The summed E-state index contributed by atoms with van der Waals surface area (Å²) in [5.74, 6) is 0.0527. The van der Waals surface area contributed by atoms with Crippen molar-refractivity contribution < 1.29 is 27.5 Å². The van der Waals surface area contributed by atoms with Gasteiger partial charge in [0.15, 0.2) is 0 Å². The van der Waals surface area contributed by atoms with Gasteiger partial charge in [0.1, 0.15) is 5.75 Å². The van der Waals surface area contributed by atoms with Crippen LogP contribution in [-0.4, -0.2) is 34.0 Å². The zero-order valence-electron chi connectivity index (χ0n) is 16.7. The number of alkyl halides is 3. The molecule has 1 heterocycles. The fraction of sp³-hybridized carbons (Fsp3) is 0.333. The van der Waals surface area contributed by atoms with Crippen molar-refractivity contribution in [3.63, 3.8) is 0 Å². The molecule has 2 N–H and O–H groups in total. The number of hydrogen-bond donors (Lipinski definition) is 2. The number of aromatic nitrogens is 2. The minimum atomic E-state index is -4.61. The molecule has 0 spiro atoms. The standard InChI is InChI=1S/C21H22F3N3O3/c1-12(2)29-16-8-9-17(18(10-16)21(22,23)24)19-26-20(30-27-19)14-4-6-15(7-5-14)25-13(3)11-28/h4-10,12-13,25,28H,11H2,1-3H3. The second kappa shape index (κ2) is 8.74. The highest BCUT2D eigenvalue weighted by Crippen LogP contribution is 2.39. The van der Waals surface area contributed by atoms with Gasteiger partial charge in [-0.15, -0.1) is 0 Å².